The summed E-state index contributed by atoms with van der Waals surface area (Å²) < 4.78 is 6.32. The van der Waals surface area contributed by atoms with E-state index >= 15 is 0 Å². The van der Waals surface area contributed by atoms with Crippen LogP contribution in [0.1, 0.15) is 45.0 Å². The van der Waals surface area contributed by atoms with Crippen LogP contribution in [0.5, 0.6) is 0 Å². The van der Waals surface area contributed by atoms with Crippen molar-refractivity contribution in [1.82, 2.24) is 10.3 Å². The number of hydrogen-bond donors (Lipinski definition) is 2. The van der Waals surface area contributed by atoms with E-state index in [9.17, 15) is 9.90 Å². The Morgan fingerprint density at radius 1 is 1.03 bits per heavy atom. The maximum absolute atomic E-state index is 11.8. The second-order valence-corrected chi connectivity index (χ2v) is 8.78. The number of thiocarbonyl (C=S) groups is 1. The lowest BCUT2D eigenvalue weighted by Crippen LogP contribution is -2.29. The fourth-order valence-corrected chi connectivity index (χ4v) is 4.90. The van der Waals surface area contributed by atoms with E-state index in [4.69, 9.17) is 16.6 Å². The van der Waals surface area contributed by atoms with Gasteiger partial charge >= 0.3 is 5.97 Å². The Morgan fingerprint density at radius 2 is 1.76 bits per heavy atom. The summed E-state index contributed by atoms with van der Waals surface area (Å²) in [6.45, 7) is 4.12. The van der Waals surface area contributed by atoms with Gasteiger partial charge in [0.15, 0.2) is 5.11 Å². The molecule has 0 saturated carbocycles. The van der Waals surface area contributed by atoms with Crippen molar-refractivity contribution < 1.29 is 14.3 Å². The second-order valence-electron chi connectivity index (χ2n) is 8.40. The van der Waals surface area contributed by atoms with Crippen LogP contribution in [0.3, 0.4) is 0 Å². The number of benzene rings is 2. The third-order valence-corrected chi connectivity index (χ3v) is 6.24. The molecule has 0 spiro atoms. The number of aromatic nitrogens is 1. The lowest BCUT2D eigenvalue weighted by atomic mass is 10.0. The van der Waals surface area contributed by atoms with Crippen molar-refractivity contribution in [3.63, 3.8) is 0 Å². The Bertz CT molecular complexity index is 1360. The highest BCUT2D eigenvalue weighted by Crippen LogP contribution is 2.43. The fraction of sp³-hybridized carbons (Fsp3) is 0.148. The molecule has 0 radical (unpaired) electrons. The number of furan rings is 1. The average molecular weight is 470 g/mol. The first-order valence-corrected chi connectivity index (χ1v) is 11.3. The van der Waals surface area contributed by atoms with Gasteiger partial charge in [-0.1, -0.05) is 30.3 Å². The molecule has 6 nitrogen and oxygen atoms in total. The summed E-state index contributed by atoms with van der Waals surface area (Å²) in [7, 11) is 0. The molecule has 1 aliphatic rings. The molecule has 1 fully saturated rings. The number of pyridine rings is 1. The first-order valence-electron chi connectivity index (χ1n) is 10.9. The van der Waals surface area contributed by atoms with Crippen molar-refractivity contribution in [3.8, 4) is 11.3 Å². The fourth-order valence-electron chi connectivity index (χ4n) is 4.55. The third-order valence-electron chi connectivity index (χ3n) is 5.92. The SMILES string of the molecule is Cc1cc(C)cc(N2C(=S)N[C@@H](c3ccccn3)[C@@H]2c2ccc(-c3ccccc3C(=O)O)o2)c1. The van der Waals surface area contributed by atoms with Crippen LogP contribution in [-0.4, -0.2) is 21.2 Å². The Labute approximate surface area is 202 Å². The highest BCUT2D eigenvalue weighted by molar-refractivity contribution is 7.80. The molecule has 2 N–H and O–H groups in total. The third kappa shape index (κ3) is 3.95. The predicted molar refractivity (Wildman–Crippen MR) is 135 cm³/mol. The molecule has 170 valence electrons. The summed E-state index contributed by atoms with van der Waals surface area (Å²) >= 11 is 5.79. The number of aromatic carboxylic acids is 1. The van der Waals surface area contributed by atoms with Crippen LogP contribution in [0.15, 0.2) is 83.4 Å². The zero-order chi connectivity index (χ0) is 23.8. The van der Waals surface area contributed by atoms with E-state index in [1.165, 1.54) is 0 Å². The van der Waals surface area contributed by atoms with Crippen molar-refractivity contribution in [2.45, 2.75) is 25.9 Å². The second kappa shape index (κ2) is 8.76. The molecule has 2 atom stereocenters. The van der Waals surface area contributed by atoms with Gasteiger partial charge in [0.2, 0.25) is 0 Å². The van der Waals surface area contributed by atoms with Crippen LogP contribution >= 0.6 is 12.2 Å². The summed E-state index contributed by atoms with van der Waals surface area (Å²) in [6.07, 6.45) is 1.76. The van der Waals surface area contributed by atoms with Gasteiger partial charge in [-0.2, -0.15) is 0 Å². The molecule has 2 aromatic heterocycles. The van der Waals surface area contributed by atoms with Crippen LogP contribution in [0, 0.1) is 13.8 Å². The van der Waals surface area contributed by atoms with Crippen molar-refractivity contribution in [1.29, 1.82) is 0 Å². The largest absolute Gasteiger partial charge is 0.478 e. The normalized spacial score (nSPS) is 17.6. The van der Waals surface area contributed by atoms with Gasteiger partial charge in [-0.15, -0.1) is 0 Å². The molecule has 1 aliphatic heterocycles. The minimum Gasteiger partial charge on any atom is -0.478 e. The lowest BCUT2D eigenvalue weighted by Gasteiger charge is -2.26. The molecule has 34 heavy (non-hydrogen) atoms. The zero-order valence-corrected chi connectivity index (χ0v) is 19.5. The molecule has 0 unspecified atom stereocenters. The number of anilines is 1. The van der Waals surface area contributed by atoms with E-state index in [2.05, 4.69) is 47.2 Å². The van der Waals surface area contributed by atoms with Crippen molar-refractivity contribution in [2.75, 3.05) is 4.90 Å². The summed E-state index contributed by atoms with van der Waals surface area (Å²) in [6, 6.07) is 22.1. The first-order chi connectivity index (χ1) is 16.4. The number of carbonyl (C=O) groups is 1. The highest BCUT2D eigenvalue weighted by Gasteiger charge is 2.42. The van der Waals surface area contributed by atoms with Crippen molar-refractivity contribution >= 4 is 29.0 Å². The molecule has 7 heteroatoms. The summed E-state index contributed by atoms with van der Waals surface area (Å²) in [5.41, 5.74) is 4.78. The van der Waals surface area contributed by atoms with E-state index < -0.39 is 5.97 Å². The topological polar surface area (TPSA) is 78.6 Å². The molecule has 2 aromatic carbocycles. The first kappa shape index (κ1) is 21.9. The molecule has 5 rings (SSSR count). The average Bonchev–Trinajstić information content (AvgIpc) is 3.43. The van der Waals surface area contributed by atoms with Crippen LogP contribution in [0.25, 0.3) is 11.3 Å². The summed E-state index contributed by atoms with van der Waals surface area (Å²) in [5.74, 6) is 0.156. The molecule has 0 aliphatic carbocycles. The monoisotopic (exact) mass is 469 g/mol. The molecular weight excluding hydrogens is 446 g/mol. The summed E-state index contributed by atoms with van der Waals surface area (Å²) in [5, 5.41) is 13.6. The maximum atomic E-state index is 11.8. The number of carboxylic acid groups (broad SMARTS) is 1. The minimum absolute atomic E-state index is 0.191. The molecular formula is C27H23N3O3S. The van der Waals surface area contributed by atoms with Gasteiger partial charge in [-0.05, 0) is 79.7 Å². The van der Waals surface area contributed by atoms with E-state index in [0.29, 0.717) is 22.2 Å². The van der Waals surface area contributed by atoms with Gasteiger partial charge in [-0.25, -0.2) is 4.79 Å². The number of carboxylic acids is 1. The number of hydrogen-bond acceptors (Lipinski definition) is 4. The number of aryl methyl sites for hydroxylation is 2. The van der Waals surface area contributed by atoms with E-state index in [0.717, 1.165) is 22.5 Å². The Balaban J connectivity index is 1.64. The maximum Gasteiger partial charge on any atom is 0.336 e. The predicted octanol–water partition coefficient (Wildman–Crippen LogP) is 5.83. The van der Waals surface area contributed by atoms with E-state index in [1.807, 2.05) is 30.3 Å². The highest BCUT2D eigenvalue weighted by atomic mass is 32.1. The van der Waals surface area contributed by atoms with Gasteiger partial charge < -0.3 is 19.7 Å². The van der Waals surface area contributed by atoms with Crippen LogP contribution in [-0.2, 0) is 0 Å². The Kier molecular flexibility index (Phi) is 5.63. The van der Waals surface area contributed by atoms with Gasteiger partial charge in [0, 0.05) is 17.4 Å². The quantitative estimate of drug-likeness (QED) is 0.356. The van der Waals surface area contributed by atoms with Gasteiger partial charge in [0.05, 0.1) is 17.3 Å². The zero-order valence-electron chi connectivity index (χ0n) is 18.7. The van der Waals surface area contributed by atoms with E-state index in [1.54, 1.807) is 30.5 Å². The summed E-state index contributed by atoms with van der Waals surface area (Å²) in [4.78, 5) is 18.4. The number of nitrogens with zero attached hydrogens (tertiary/aromatic N) is 2. The van der Waals surface area contributed by atoms with Crippen molar-refractivity contribution in [2.24, 2.45) is 0 Å². The molecule has 3 heterocycles. The molecule has 0 amide bonds. The Hall–Kier alpha value is -3.97. The van der Waals surface area contributed by atoms with E-state index in [-0.39, 0.29) is 17.6 Å². The van der Waals surface area contributed by atoms with Crippen molar-refractivity contribution in [3.05, 3.63) is 107 Å². The molecule has 1 saturated heterocycles. The Morgan fingerprint density at radius 3 is 2.47 bits per heavy atom. The lowest BCUT2D eigenvalue weighted by molar-refractivity contribution is 0.0697. The minimum atomic E-state index is -1.000. The van der Waals surface area contributed by atoms with Gasteiger partial charge in [0.1, 0.15) is 17.6 Å². The molecule has 0 bridgehead atoms. The van der Waals surface area contributed by atoms with Crippen LogP contribution < -0.4 is 10.2 Å². The van der Waals surface area contributed by atoms with Gasteiger partial charge in [-0.3, -0.25) is 4.98 Å². The molecule has 4 aromatic rings. The number of rotatable bonds is 5. The van der Waals surface area contributed by atoms with Gasteiger partial charge in [0.25, 0.3) is 0 Å². The number of nitrogens with one attached hydrogen (secondary N) is 1. The van der Waals surface area contributed by atoms with Crippen LogP contribution in [0.2, 0.25) is 0 Å². The standard InChI is InChI=1S/C27H23N3O3S/c1-16-13-17(2)15-18(14-16)30-25(24(29-27(30)34)21-9-5-6-12-28-21)23-11-10-22(33-23)19-7-3-4-8-20(19)26(31)32/h3-15,24-25H,1-2H3,(H,29,34)(H,31,32)/t24-,25-/m0/s1. The smallest absolute Gasteiger partial charge is 0.336 e. The van der Waals surface area contributed by atoms with Crippen LogP contribution in [0.4, 0.5) is 5.69 Å².